The number of halogens is 1. The zero-order valence-electron chi connectivity index (χ0n) is 12.1. The Labute approximate surface area is 128 Å². The molecule has 108 valence electrons. The Balaban J connectivity index is 2.17. The minimum Gasteiger partial charge on any atom is -0.453 e. The molecular formula is C16H16ClN3O. The van der Waals surface area contributed by atoms with Gasteiger partial charge in [0, 0.05) is 24.4 Å². The van der Waals surface area contributed by atoms with Gasteiger partial charge >= 0.3 is 0 Å². The van der Waals surface area contributed by atoms with E-state index in [1.165, 1.54) is 0 Å². The van der Waals surface area contributed by atoms with Crippen LogP contribution in [0, 0.1) is 0 Å². The van der Waals surface area contributed by atoms with E-state index in [9.17, 15) is 0 Å². The van der Waals surface area contributed by atoms with E-state index in [0.29, 0.717) is 16.4 Å². The van der Waals surface area contributed by atoms with Gasteiger partial charge in [-0.25, -0.2) is 9.97 Å². The zero-order valence-corrected chi connectivity index (χ0v) is 12.9. The Morgan fingerprint density at radius 1 is 1.19 bits per heavy atom. The van der Waals surface area contributed by atoms with Crippen molar-refractivity contribution in [1.29, 1.82) is 0 Å². The summed E-state index contributed by atoms with van der Waals surface area (Å²) in [6.07, 6.45) is 0. The smallest absolute Gasteiger partial charge is 0.154 e. The van der Waals surface area contributed by atoms with Crippen molar-refractivity contribution in [3.05, 3.63) is 41.2 Å². The van der Waals surface area contributed by atoms with Gasteiger partial charge in [-0.3, -0.25) is 0 Å². The van der Waals surface area contributed by atoms with Gasteiger partial charge in [-0.15, -0.1) is 0 Å². The molecule has 0 aliphatic rings. The predicted octanol–water partition coefficient (Wildman–Crippen LogP) is 4.71. The van der Waals surface area contributed by atoms with Crippen molar-refractivity contribution in [2.45, 2.75) is 19.8 Å². The molecule has 3 aromatic rings. The summed E-state index contributed by atoms with van der Waals surface area (Å²) < 4.78 is 5.87. The first-order valence-corrected chi connectivity index (χ1v) is 7.21. The maximum Gasteiger partial charge on any atom is 0.154 e. The van der Waals surface area contributed by atoms with Crippen LogP contribution in [-0.2, 0) is 0 Å². The highest BCUT2D eigenvalue weighted by Crippen LogP contribution is 2.32. The average molecular weight is 302 g/mol. The molecule has 4 nitrogen and oxygen atoms in total. The Hall–Kier alpha value is -2.07. The Morgan fingerprint density at radius 3 is 2.67 bits per heavy atom. The van der Waals surface area contributed by atoms with Gasteiger partial charge in [-0.05, 0) is 12.1 Å². The molecule has 0 saturated carbocycles. The lowest BCUT2D eigenvalue weighted by atomic mass is 10.2. The lowest BCUT2D eigenvalue weighted by Gasteiger charge is -2.08. The van der Waals surface area contributed by atoms with Gasteiger partial charge < -0.3 is 9.73 Å². The van der Waals surface area contributed by atoms with E-state index < -0.39 is 0 Å². The van der Waals surface area contributed by atoms with E-state index in [4.69, 9.17) is 16.0 Å². The first-order chi connectivity index (χ1) is 10.1. The van der Waals surface area contributed by atoms with Crippen LogP contribution in [0.3, 0.4) is 0 Å². The quantitative estimate of drug-likeness (QED) is 0.761. The van der Waals surface area contributed by atoms with Crippen LogP contribution in [0.15, 0.2) is 34.7 Å². The van der Waals surface area contributed by atoms with Gasteiger partial charge in [0.25, 0.3) is 0 Å². The summed E-state index contributed by atoms with van der Waals surface area (Å²) in [5.74, 6) is 2.49. The van der Waals surface area contributed by atoms with Crippen LogP contribution < -0.4 is 5.32 Å². The van der Waals surface area contributed by atoms with E-state index in [0.717, 1.165) is 22.7 Å². The van der Waals surface area contributed by atoms with E-state index in [1.807, 2.05) is 37.4 Å². The molecule has 1 N–H and O–H groups in total. The molecule has 2 heterocycles. The molecule has 1 aromatic carbocycles. The predicted molar refractivity (Wildman–Crippen MR) is 85.9 cm³/mol. The molecule has 0 amide bonds. The first kappa shape index (κ1) is 13.9. The molecule has 0 unspecified atom stereocenters. The van der Waals surface area contributed by atoms with Gasteiger partial charge in [0.2, 0.25) is 0 Å². The third-order valence-electron chi connectivity index (χ3n) is 3.26. The maximum atomic E-state index is 6.16. The number of aromatic nitrogens is 2. The van der Waals surface area contributed by atoms with Crippen molar-refractivity contribution in [2.75, 3.05) is 12.4 Å². The number of fused-ring (bicyclic) bond motifs is 1. The molecule has 0 fully saturated rings. The fourth-order valence-corrected chi connectivity index (χ4v) is 2.35. The minimum absolute atomic E-state index is 0.241. The van der Waals surface area contributed by atoms with Gasteiger partial charge in [0.15, 0.2) is 11.3 Å². The molecule has 0 aliphatic carbocycles. The summed E-state index contributed by atoms with van der Waals surface area (Å²) in [5.41, 5.74) is 1.44. The molecule has 0 atom stereocenters. The molecule has 0 radical (unpaired) electrons. The van der Waals surface area contributed by atoms with Crippen LogP contribution in [0.25, 0.3) is 22.4 Å². The second kappa shape index (κ2) is 5.37. The van der Waals surface area contributed by atoms with Crippen LogP contribution >= 0.6 is 11.6 Å². The highest BCUT2D eigenvalue weighted by atomic mass is 35.5. The summed E-state index contributed by atoms with van der Waals surface area (Å²) in [4.78, 5) is 9.05. The second-order valence-corrected chi connectivity index (χ2v) is 5.58. The summed E-state index contributed by atoms with van der Waals surface area (Å²) in [7, 11) is 1.84. The number of benzene rings is 1. The number of rotatable bonds is 3. The number of nitrogens with one attached hydrogen (secondary N) is 1. The summed E-state index contributed by atoms with van der Waals surface area (Å²) in [6, 6.07) is 9.51. The van der Waals surface area contributed by atoms with Crippen LogP contribution in [0.1, 0.15) is 25.6 Å². The largest absolute Gasteiger partial charge is 0.453 e. The fraction of sp³-hybridized carbons (Fsp3) is 0.250. The SMILES string of the molecule is CNc1cc(-c2cc3cccc(Cl)c3o2)nc(C(C)C)n1. The zero-order chi connectivity index (χ0) is 15.0. The normalized spacial score (nSPS) is 11.3. The first-order valence-electron chi connectivity index (χ1n) is 6.83. The van der Waals surface area contributed by atoms with Gasteiger partial charge in [0.1, 0.15) is 17.3 Å². The van der Waals surface area contributed by atoms with Crippen LogP contribution in [-0.4, -0.2) is 17.0 Å². The number of hydrogen-bond donors (Lipinski definition) is 1. The van der Waals surface area contributed by atoms with Crippen molar-refractivity contribution >= 4 is 28.4 Å². The molecule has 3 rings (SSSR count). The van der Waals surface area contributed by atoms with E-state index in [-0.39, 0.29) is 5.92 Å². The lowest BCUT2D eigenvalue weighted by molar-refractivity contribution is 0.626. The lowest BCUT2D eigenvalue weighted by Crippen LogP contribution is -2.02. The Morgan fingerprint density at radius 2 is 2.00 bits per heavy atom. The van der Waals surface area contributed by atoms with Crippen LogP contribution in [0.2, 0.25) is 5.02 Å². The van der Waals surface area contributed by atoms with Gasteiger partial charge in [-0.1, -0.05) is 37.6 Å². The maximum absolute atomic E-state index is 6.16. The van der Waals surface area contributed by atoms with Crippen molar-refractivity contribution in [1.82, 2.24) is 9.97 Å². The standard InChI is InChI=1S/C16H16ClN3O/c1-9(2)16-19-12(8-14(18-3)20-16)13-7-10-5-4-6-11(17)15(10)21-13/h4-9H,1-3H3,(H,18,19,20). The van der Waals surface area contributed by atoms with Gasteiger partial charge in [0.05, 0.1) is 5.02 Å². The van der Waals surface area contributed by atoms with Crippen molar-refractivity contribution in [3.8, 4) is 11.5 Å². The fourth-order valence-electron chi connectivity index (χ4n) is 2.13. The van der Waals surface area contributed by atoms with Crippen LogP contribution in [0.5, 0.6) is 0 Å². The highest BCUT2D eigenvalue weighted by molar-refractivity contribution is 6.34. The molecule has 21 heavy (non-hydrogen) atoms. The monoisotopic (exact) mass is 301 g/mol. The highest BCUT2D eigenvalue weighted by Gasteiger charge is 2.13. The third-order valence-corrected chi connectivity index (χ3v) is 3.56. The van der Waals surface area contributed by atoms with E-state index in [2.05, 4.69) is 29.1 Å². The molecule has 5 heteroatoms. The average Bonchev–Trinajstić information content (AvgIpc) is 2.92. The van der Waals surface area contributed by atoms with Gasteiger partial charge in [-0.2, -0.15) is 0 Å². The molecule has 0 bridgehead atoms. The summed E-state index contributed by atoms with van der Waals surface area (Å²) in [5, 5.41) is 4.63. The molecule has 2 aromatic heterocycles. The summed E-state index contributed by atoms with van der Waals surface area (Å²) >= 11 is 6.16. The summed E-state index contributed by atoms with van der Waals surface area (Å²) in [6.45, 7) is 4.13. The third kappa shape index (κ3) is 2.59. The Bertz CT molecular complexity index is 795. The molecule has 0 spiro atoms. The molecule has 0 aliphatic heterocycles. The van der Waals surface area contributed by atoms with Crippen LogP contribution in [0.4, 0.5) is 5.82 Å². The topological polar surface area (TPSA) is 51.0 Å². The number of furan rings is 1. The van der Waals surface area contributed by atoms with Crippen molar-refractivity contribution in [2.24, 2.45) is 0 Å². The second-order valence-electron chi connectivity index (χ2n) is 5.17. The molecular weight excluding hydrogens is 286 g/mol. The number of nitrogens with zero attached hydrogens (tertiary/aromatic N) is 2. The number of hydrogen-bond acceptors (Lipinski definition) is 4. The Kier molecular flexibility index (Phi) is 3.55. The number of anilines is 1. The van der Waals surface area contributed by atoms with E-state index >= 15 is 0 Å². The molecule has 0 saturated heterocycles. The minimum atomic E-state index is 0.241. The van der Waals surface area contributed by atoms with Crippen molar-refractivity contribution < 1.29 is 4.42 Å². The van der Waals surface area contributed by atoms with E-state index in [1.54, 1.807) is 0 Å². The number of para-hydroxylation sites is 1. The van der Waals surface area contributed by atoms with Crippen molar-refractivity contribution in [3.63, 3.8) is 0 Å².